The van der Waals surface area contributed by atoms with E-state index in [1.54, 1.807) is 0 Å². The largest absolute Gasteiger partial charge is 0.390 e. The number of anilines is 1. The van der Waals surface area contributed by atoms with Gasteiger partial charge in [0, 0.05) is 11.0 Å². The van der Waals surface area contributed by atoms with Crippen LogP contribution in [0.3, 0.4) is 0 Å². The van der Waals surface area contributed by atoms with Gasteiger partial charge in [0.05, 0.1) is 18.2 Å². The number of rotatable bonds is 1. The van der Waals surface area contributed by atoms with Crippen LogP contribution in [-0.4, -0.2) is 13.2 Å². The Bertz CT molecular complexity index is 349. The Kier molecular flexibility index (Phi) is 2.53. The Morgan fingerprint density at radius 3 is 2.33 bits per heavy atom. The summed E-state index contributed by atoms with van der Waals surface area (Å²) in [5.74, 6) is -0.667. The van der Waals surface area contributed by atoms with Crippen LogP contribution in [0, 0.1) is 5.41 Å². The van der Waals surface area contributed by atoms with Crippen molar-refractivity contribution in [1.29, 1.82) is 0 Å². The lowest BCUT2D eigenvalue weighted by Gasteiger charge is -2.41. The summed E-state index contributed by atoms with van der Waals surface area (Å²) < 4.78 is 11.6. The molecule has 2 rings (SSSR count). The Balaban J connectivity index is 2.20. The lowest BCUT2D eigenvalue weighted by molar-refractivity contribution is -0.297. The highest BCUT2D eigenvalue weighted by Gasteiger charge is 2.39. The topological polar surface area (TPSA) is 44.5 Å². The molecule has 1 aliphatic heterocycles. The minimum atomic E-state index is -0.667. The second-order valence-corrected chi connectivity index (χ2v) is 5.83. The van der Waals surface area contributed by atoms with Gasteiger partial charge in [-0.15, -0.1) is 11.3 Å². The third kappa shape index (κ3) is 2.02. The van der Waals surface area contributed by atoms with E-state index >= 15 is 0 Å². The van der Waals surface area contributed by atoms with Crippen molar-refractivity contribution in [3.8, 4) is 0 Å². The third-order valence-electron chi connectivity index (χ3n) is 2.66. The van der Waals surface area contributed by atoms with Gasteiger partial charge in [-0.1, -0.05) is 13.8 Å². The molecule has 2 heterocycles. The SMILES string of the molecule is CC1(C)COC(C)(c2ccsc2N)OC1. The van der Waals surface area contributed by atoms with Crippen LogP contribution in [0.1, 0.15) is 26.3 Å². The van der Waals surface area contributed by atoms with Crippen LogP contribution in [-0.2, 0) is 15.3 Å². The van der Waals surface area contributed by atoms with E-state index in [9.17, 15) is 0 Å². The van der Waals surface area contributed by atoms with Crippen molar-refractivity contribution in [3.05, 3.63) is 17.0 Å². The van der Waals surface area contributed by atoms with Crippen LogP contribution in [0.5, 0.6) is 0 Å². The van der Waals surface area contributed by atoms with Crippen molar-refractivity contribution in [1.82, 2.24) is 0 Å². The highest BCUT2D eigenvalue weighted by Crippen LogP contribution is 2.39. The Hall–Kier alpha value is -0.580. The molecule has 1 aromatic rings. The van der Waals surface area contributed by atoms with Crippen molar-refractivity contribution in [3.63, 3.8) is 0 Å². The summed E-state index contributed by atoms with van der Waals surface area (Å²) in [6.07, 6.45) is 0. The third-order valence-corrected chi connectivity index (χ3v) is 3.41. The first-order chi connectivity index (χ1) is 6.93. The minimum Gasteiger partial charge on any atom is -0.390 e. The molecule has 0 atom stereocenters. The van der Waals surface area contributed by atoms with Crippen LogP contribution < -0.4 is 5.73 Å². The molecule has 0 aromatic carbocycles. The molecule has 0 unspecified atom stereocenters. The van der Waals surface area contributed by atoms with Gasteiger partial charge in [0.1, 0.15) is 0 Å². The lowest BCUT2D eigenvalue weighted by Crippen LogP contribution is -2.43. The molecule has 0 amide bonds. The molecule has 0 aliphatic carbocycles. The normalized spacial score (nSPS) is 23.9. The quantitative estimate of drug-likeness (QED) is 0.802. The molecule has 2 N–H and O–H groups in total. The van der Waals surface area contributed by atoms with E-state index in [0.717, 1.165) is 10.6 Å². The predicted molar refractivity (Wildman–Crippen MR) is 61.8 cm³/mol. The summed E-state index contributed by atoms with van der Waals surface area (Å²) in [5.41, 5.74) is 6.92. The van der Waals surface area contributed by atoms with Crippen LogP contribution in [0.2, 0.25) is 0 Å². The van der Waals surface area contributed by atoms with E-state index < -0.39 is 5.79 Å². The van der Waals surface area contributed by atoms with Gasteiger partial charge in [0.25, 0.3) is 0 Å². The molecule has 0 bridgehead atoms. The van der Waals surface area contributed by atoms with Gasteiger partial charge >= 0.3 is 0 Å². The lowest BCUT2D eigenvalue weighted by atomic mass is 9.94. The van der Waals surface area contributed by atoms with E-state index in [4.69, 9.17) is 15.2 Å². The summed E-state index contributed by atoms with van der Waals surface area (Å²) >= 11 is 1.51. The van der Waals surface area contributed by atoms with Gasteiger partial charge in [-0.05, 0) is 18.4 Å². The highest BCUT2D eigenvalue weighted by molar-refractivity contribution is 7.14. The van der Waals surface area contributed by atoms with Gasteiger partial charge in [-0.3, -0.25) is 0 Å². The van der Waals surface area contributed by atoms with Gasteiger partial charge < -0.3 is 15.2 Å². The highest BCUT2D eigenvalue weighted by atomic mass is 32.1. The molecular weight excluding hydrogens is 210 g/mol. The van der Waals surface area contributed by atoms with Gasteiger partial charge in [0.15, 0.2) is 5.79 Å². The number of hydrogen-bond donors (Lipinski definition) is 1. The monoisotopic (exact) mass is 227 g/mol. The number of ether oxygens (including phenoxy) is 2. The predicted octanol–water partition coefficient (Wildman–Crippen LogP) is 2.58. The molecule has 1 aliphatic rings. The van der Waals surface area contributed by atoms with Crippen LogP contribution in [0.15, 0.2) is 11.4 Å². The molecular formula is C11H17NO2S. The summed E-state index contributed by atoms with van der Waals surface area (Å²) in [6, 6.07) is 1.97. The molecule has 15 heavy (non-hydrogen) atoms. The number of nitrogen functional groups attached to an aromatic ring is 1. The van der Waals surface area contributed by atoms with E-state index in [1.165, 1.54) is 11.3 Å². The van der Waals surface area contributed by atoms with E-state index in [2.05, 4.69) is 13.8 Å². The molecule has 1 saturated heterocycles. The standard InChI is InChI=1S/C11H17NO2S/c1-10(2)6-13-11(3,14-7-10)8-4-5-15-9(8)12/h4-5H,6-7,12H2,1-3H3. The average Bonchev–Trinajstić information content (AvgIpc) is 2.58. The van der Waals surface area contributed by atoms with Gasteiger partial charge in [-0.25, -0.2) is 0 Å². The maximum Gasteiger partial charge on any atom is 0.194 e. The molecule has 0 radical (unpaired) electrons. The van der Waals surface area contributed by atoms with Crippen molar-refractivity contribution >= 4 is 16.3 Å². The first kappa shape index (κ1) is 10.9. The molecule has 3 nitrogen and oxygen atoms in total. The minimum absolute atomic E-state index is 0.0876. The van der Waals surface area contributed by atoms with Crippen molar-refractivity contribution in [2.45, 2.75) is 26.6 Å². The fourth-order valence-corrected chi connectivity index (χ4v) is 2.33. The van der Waals surface area contributed by atoms with Crippen molar-refractivity contribution < 1.29 is 9.47 Å². The molecule has 84 valence electrons. The van der Waals surface area contributed by atoms with Crippen LogP contribution in [0.4, 0.5) is 5.00 Å². The zero-order valence-corrected chi connectivity index (χ0v) is 10.2. The van der Waals surface area contributed by atoms with E-state index in [-0.39, 0.29) is 5.41 Å². The van der Waals surface area contributed by atoms with Crippen LogP contribution >= 0.6 is 11.3 Å². The zero-order chi connectivity index (χ0) is 11.1. The Labute approximate surface area is 94.2 Å². The summed E-state index contributed by atoms with van der Waals surface area (Å²) in [5, 5.41) is 2.74. The molecule has 0 saturated carbocycles. The number of thiophene rings is 1. The van der Waals surface area contributed by atoms with E-state index in [0.29, 0.717) is 13.2 Å². The fourth-order valence-electron chi connectivity index (χ4n) is 1.60. The van der Waals surface area contributed by atoms with Gasteiger partial charge in [0.2, 0.25) is 0 Å². The first-order valence-corrected chi connectivity index (χ1v) is 5.92. The van der Waals surface area contributed by atoms with Crippen molar-refractivity contribution in [2.75, 3.05) is 18.9 Å². The summed E-state index contributed by atoms with van der Waals surface area (Å²) in [4.78, 5) is 0. The van der Waals surface area contributed by atoms with E-state index in [1.807, 2.05) is 18.4 Å². The first-order valence-electron chi connectivity index (χ1n) is 5.04. The average molecular weight is 227 g/mol. The Morgan fingerprint density at radius 1 is 1.27 bits per heavy atom. The summed E-state index contributed by atoms with van der Waals surface area (Å²) in [6.45, 7) is 7.57. The smallest absolute Gasteiger partial charge is 0.194 e. The molecule has 0 spiro atoms. The van der Waals surface area contributed by atoms with Gasteiger partial charge in [-0.2, -0.15) is 0 Å². The summed E-state index contributed by atoms with van der Waals surface area (Å²) in [7, 11) is 0. The molecule has 1 fully saturated rings. The van der Waals surface area contributed by atoms with Crippen LogP contribution in [0.25, 0.3) is 0 Å². The fraction of sp³-hybridized carbons (Fsp3) is 0.636. The Morgan fingerprint density at radius 2 is 1.87 bits per heavy atom. The maximum atomic E-state index is 5.88. The number of hydrogen-bond acceptors (Lipinski definition) is 4. The molecule has 4 heteroatoms. The number of nitrogens with two attached hydrogens (primary N) is 1. The maximum absolute atomic E-state index is 5.88. The molecule has 1 aromatic heterocycles. The van der Waals surface area contributed by atoms with Crippen molar-refractivity contribution in [2.24, 2.45) is 5.41 Å². The second kappa shape index (κ2) is 3.47. The zero-order valence-electron chi connectivity index (χ0n) is 9.37. The second-order valence-electron chi connectivity index (χ2n) is 4.89.